The molecule has 26 heavy (non-hydrogen) atoms. The standard InChI is InChI=1S/C17H17N3O6/c1-10-18-15(26-19-10)11-4-6-12(7-5-11)20-9-25-8-13(16(21)23-2)14(20)17(22)24-3/h4-7H,8-9H2,1-3H3. The number of methoxy groups -OCH3 is 2. The van der Waals surface area contributed by atoms with Crippen LogP contribution in [0.25, 0.3) is 11.5 Å². The predicted octanol–water partition coefficient (Wildman–Crippen LogP) is 1.44. The molecule has 0 unspecified atom stereocenters. The molecule has 2 heterocycles. The Balaban J connectivity index is 1.98. The van der Waals surface area contributed by atoms with Crippen LogP contribution in [0.5, 0.6) is 0 Å². The maximum absolute atomic E-state index is 12.3. The number of rotatable bonds is 4. The lowest BCUT2D eigenvalue weighted by Gasteiger charge is -2.31. The SMILES string of the molecule is COC(=O)C1=C(C(=O)OC)N(c2ccc(-c3nc(C)no3)cc2)COC1. The minimum absolute atomic E-state index is 0.0348. The summed E-state index contributed by atoms with van der Waals surface area (Å²) in [6.45, 7) is 1.78. The van der Waals surface area contributed by atoms with Crippen LogP contribution >= 0.6 is 0 Å². The fraction of sp³-hybridized carbons (Fsp3) is 0.294. The molecule has 0 atom stereocenters. The van der Waals surface area contributed by atoms with Gasteiger partial charge in [-0.2, -0.15) is 4.98 Å². The van der Waals surface area contributed by atoms with Crippen LogP contribution in [0.3, 0.4) is 0 Å². The van der Waals surface area contributed by atoms with Crippen molar-refractivity contribution in [1.82, 2.24) is 10.1 Å². The molecule has 0 saturated heterocycles. The van der Waals surface area contributed by atoms with Gasteiger partial charge in [0.15, 0.2) is 5.82 Å². The molecule has 0 fully saturated rings. The van der Waals surface area contributed by atoms with Crippen molar-refractivity contribution in [2.45, 2.75) is 6.92 Å². The quantitative estimate of drug-likeness (QED) is 0.750. The highest BCUT2D eigenvalue weighted by molar-refractivity contribution is 6.03. The van der Waals surface area contributed by atoms with E-state index in [4.69, 9.17) is 18.7 Å². The molecule has 1 aromatic carbocycles. The highest BCUT2D eigenvalue weighted by Crippen LogP contribution is 2.28. The number of ether oxygens (including phenoxy) is 3. The average molecular weight is 359 g/mol. The molecule has 0 radical (unpaired) electrons. The zero-order valence-electron chi connectivity index (χ0n) is 14.5. The zero-order valence-corrected chi connectivity index (χ0v) is 14.5. The summed E-state index contributed by atoms with van der Waals surface area (Å²) in [5.41, 5.74) is 1.55. The Morgan fingerprint density at radius 1 is 1.12 bits per heavy atom. The van der Waals surface area contributed by atoms with Crippen molar-refractivity contribution in [1.29, 1.82) is 0 Å². The van der Waals surface area contributed by atoms with Gasteiger partial charge in [0.2, 0.25) is 0 Å². The molecule has 1 aliphatic rings. The Morgan fingerprint density at radius 2 is 1.81 bits per heavy atom. The molecule has 9 heteroatoms. The fourth-order valence-corrected chi connectivity index (χ4v) is 2.55. The number of esters is 2. The van der Waals surface area contributed by atoms with E-state index in [-0.39, 0.29) is 24.6 Å². The molecule has 2 aromatic rings. The molecule has 0 amide bonds. The third-order valence-electron chi connectivity index (χ3n) is 3.79. The van der Waals surface area contributed by atoms with Gasteiger partial charge in [-0.1, -0.05) is 5.16 Å². The van der Waals surface area contributed by atoms with Crippen LogP contribution in [0.2, 0.25) is 0 Å². The summed E-state index contributed by atoms with van der Waals surface area (Å²) in [5.74, 6) is -0.367. The molecule has 136 valence electrons. The second-order valence-electron chi connectivity index (χ2n) is 5.41. The van der Waals surface area contributed by atoms with Crippen LogP contribution in [-0.2, 0) is 23.8 Å². The third-order valence-corrected chi connectivity index (χ3v) is 3.79. The van der Waals surface area contributed by atoms with Crippen molar-refractivity contribution in [2.75, 3.05) is 32.5 Å². The Kier molecular flexibility index (Phi) is 4.99. The summed E-state index contributed by atoms with van der Waals surface area (Å²) >= 11 is 0. The second kappa shape index (κ2) is 7.36. The van der Waals surface area contributed by atoms with Crippen molar-refractivity contribution in [3.05, 3.63) is 41.4 Å². The largest absolute Gasteiger partial charge is 0.466 e. The first-order valence-electron chi connectivity index (χ1n) is 7.71. The molecule has 0 aliphatic carbocycles. The average Bonchev–Trinajstić information content (AvgIpc) is 3.12. The summed E-state index contributed by atoms with van der Waals surface area (Å²) in [4.78, 5) is 30.0. The smallest absolute Gasteiger partial charge is 0.355 e. The lowest BCUT2D eigenvalue weighted by Crippen LogP contribution is -2.38. The third kappa shape index (κ3) is 3.29. The van der Waals surface area contributed by atoms with Crippen LogP contribution in [0.1, 0.15) is 5.82 Å². The number of aryl methyl sites for hydroxylation is 1. The molecule has 1 aliphatic heterocycles. The molecule has 9 nitrogen and oxygen atoms in total. The number of carbonyl (C=O) groups is 2. The lowest BCUT2D eigenvalue weighted by molar-refractivity contribution is -0.140. The van der Waals surface area contributed by atoms with E-state index in [1.165, 1.54) is 14.2 Å². The van der Waals surface area contributed by atoms with Gasteiger partial charge in [-0.25, -0.2) is 9.59 Å². The van der Waals surface area contributed by atoms with Gasteiger partial charge in [0, 0.05) is 11.3 Å². The topological polar surface area (TPSA) is 104 Å². The van der Waals surface area contributed by atoms with Crippen molar-refractivity contribution in [3.8, 4) is 11.5 Å². The van der Waals surface area contributed by atoms with Crippen molar-refractivity contribution in [3.63, 3.8) is 0 Å². The van der Waals surface area contributed by atoms with Gasteiger partial charge in [0.1, 0.15) is 12.4 Å². The highest BCUT2D eigenvalue weighted by atomic mass is 16.5. The Labute approximate surface area is 149 Å². The first-order chi connectivity index (χ1) is 12.5. The van der Waals surface area contributed by atoms with Crippen LogP contribution in [-0.4, -0.2) is 49.6 Å². The molecule has 0 N–H and O–H groups in total. The van der Waals surface area contributed by atoms with E-state index in [1.54, 1.807) is 36.1 Å². The van der Waals surface area contributed by atoms with E-state index in [0.29, 0.717) is 17.4 Å². The molecule has 0 spiro atoms. The minimum atomic E-state index is -0.648. The van der Waals surface area contributed by atoms with Crippen LogP contribution < -0.4 is 4.90 Å². The van der Waals surface area contributed by atoms with Crippen molar-refractivity contribution in [2.24, 2.45) is 0 Å². The summed E-state index contributed by atoms with van der Waals surface area (Å²) in [7, 11) is 2.49. The molecule has 1 aromatic heterocycles. The number of aromatic nitrogens is 2. The number of benzene rings is 1. The normalized spacial score (nSPS) is 14.3. The van der Waals surface area contributed by atoms with E-state index in [2.05, 4.69) is 10.1 Å². The number of anilines is 1. The van der Waals surface area contributed by atoms with E-state index in [9.17, 15) is 9.59 Å². The van der Waals surface area contributed by atoms with Crippen LogP contribution in [0.4, 0.5) is 5.69 Å². The maximum atomic E-state index is 12.3. The number of carbonyl (C=O) groups excluding carboxylic acids is 2. The Bertz CT molecular complexity index is 856. The predicted molar refractivity (Wildman–Crippen MR) is 88.8 cm³/mol. The van der Waals surface area contributed by atoms with Gasteiger partial charge in [0.05, 0.1) is 26.4 Å². The first kappa shape index (κ1) is 17.6. The van der Waals surface area contributed by atoms with Gasteiger partial charge in [-0.15, -0.1) is 0 Å². The van der Waals surface area contributed by atoms with Gasteiger partial charge in [0.25, 0.3) is 5.89 Å². The Hall–Kier alpha value is -3.20. The zero-order chi connectivity index (χ0) is 18.7. The van der Waals surface area contributed by atoms with Gasteiger partial charge in [-0.05, 0) is 31.2 Å². The van der Waals surface area contributed by atoms with Crippen molar-refractivity contribution < 1.29 is 28.3 Å². The molecular formula is C17H17N3O6. The van der Waals surface area contributed by atoms with Crippen LogP contribution in [0, 0.1) is 6.92 Å². The number of hydrogen-bond acceptors (Lipinski definition) is 9. The monoisotopic (exact) mass is 359 g/mol. The van der Waals surface area contributed by atoms with Gasteiger partial charge < -0.3 is 23.6 Å². The van der Waals surface area contributed by atoms with E-state index < -0.39 is 11.9 Å². The van der Waals surface area contributed by atoms with Gasteiger partial charge in [-0.3, -0.25) is 0 Å². The lowest BCUT2D eigenvalue weighted by atomic mass is 10.1. The first-order valence-corrected chi connectivity index (χ1v) is 7.71. The maximum Gasteiger partial charge on any atom is 0.355 e. The summed E-state index contributed by atoms with van der Waals surface area (Å²) in [5, 5.41) is 3.75. The summed E-state index contributed by atoms with van der Waals surface area (Å²) < 4.78 is 20.1. The Morgan fingerprint density at radius 3 is 2.38 bits per heavy atom. The molecule has 0 bridgehead atoms. The van der Waals surface area contributed by atoms with Crippen LogP contribution in [0.15, 0.2) is 40.1 Å². The minimum Gasteiger partial charge on any atom is -0.466 e. The van der Waals surface area contributed by atoms with E-state index in [0.717, 1.165) is 5.56 Å². The van der Waals surface area contributed by atoms with Gasteiger partial charge >= 0.3 is 11.9 Å². The summed E-state index contributed by atoms with van der Waals surface area (Å²) in [6.07, 6.45) is 0. The van der Waals surface area contributed by atoms with E-state index in [1.807, 2.05) is 0 Å². The fourth-order valence-electron chi connectivity index (χ4n) is 2.55. The van der Waals surface area contributed by atoms with E-state index >= 15 is 0 Å². The molecule has 3 rings (SSSR count). The number of hydrogen-bond donors (Lipinski definition) is 0. The highest BCUT2D eigenvalue weighted by Gasteiger charge is 2.32. The summed E-state index contributed by atoms with van der Waals surface area (Å²) in [6, 6.07) is 7.04. The van der Waals surface area contributed by atoms with Crippen molar-refractivity contribution >= 4 is 17.6 Å². The number of nitrogens with zero attached hydrogens (tertiary/aromatic N) is 3. The molecule has 0 saturated carbocycles. The molecular weight excluding hydrogens is 342 g/mol. The second-order valence-corrected chi connectivity index (χ2v) is 5.41.